The number of carbonyl (C=O) groups is 1. The van der Waals surface area contributed by atoms with Crippen LogP contribution in [0.15, 0.2) is 30.3 Å². The van der Waals surface area contributed by atoms with Crippen LogP contribution in [0.25, 0.3) is 0 Å². The molecule has 2 rings (SSSR count). The van der Waals surface area contributed by atoms with Crippen LogP contribution in [-0.4, -0.2) is 41.1 Å². The Hall–Kier alpha value is -1.55. The number of likely N-dealkylation sites (tertiary alicyclic amines) is 1. The van der Waals surface area contributed by atoms with E-state index in [1.165, 1.54) is 0 Å². The number of benzene rings is 1. The van der Waals surface area contributed by atoms with Gasteiger partial charge in [0.1, 0.15) is 0 Å². The molecule has 18 heavy (non-hydrogen) atoms. The van der Waals surface area contributed by atoms with Gasteiger partial charge in [-0.05, 0) is 31.9 Å². The topological polar surface area (TPSA) is 52.6 Å². The minimum Gasteiger partial charge on any atom is -0.388 e. The molecule has 1 heterocycles. The second-order valence-corrected chi connectivity index (χ2v) is 5.14. The highest BCUT2D eigenvalue weighted by molar-refractivity contribution is 5.81. The van der Waals surface area contributed by atoms with Crippen LogP contribution in [0, 0.1) is 0 Å². The van der Waals surface area contributed by atoms with E-state index in [0.29, 0.717) is 6.54 Å². The van der Waals surface area contributed by atoms with Crippen molar-refractivity contribution in [2.45, 2.75) is 25.4 Å². The molecule has 98 valence electrons. The number of anilines is 1. The van der Waals surface area contributed by atoms with Crippen molar-refractivity contribution >= 4 is 11.6 Å². The molecule has 0 saturated carbocycles. The van der Waals surface area contributed by atoms with E-state index in [1.807, 2.05) is 30.3 Å². The van der Waals surface area contributed by atoms with E-state index in [4.69, 9.17) is 0 Å². The molecule has 1 aliphatic heterocycles. The normalized spacial score (nSPS) is 23.8. The van der Waals surface area contributed by atoms with E-state index in [0.717, 1.165) is 25.1 Å². The van der Waals surface area contributed by atoms with Gasteiger partial charge in [-0.15, -0.1) is 0 Å². The molecule has 1 unspecified atom stereocenters. The minimum atomic E-state index is -0.735. The van der Waals surface area contributed by atoms with Crippen LogP contribution in [0.5, 0.6) is 0 Å². The molecule has 1 atom stereocenters. The van der Waals surface area contributed by atoms with Gasteiger partial charge >= 0.3 is 0 Å². The number of hydrogen-bond donors (Lipinski definition) is 2. The Morgan fingerprint density at radius 1 is 1.44 bits per heavy atom. The van der Waals surface area contributed by atoms with Crippen molar-refractivity contribution in [2.75, 3.05) is 25.0 Å². The van der Waals surface area contributed by atoms with Crippen molar-refractivity contribution < 1.29 is 9.90 Å². The van der Waals surface area contributed by atoms with Crippen molar-refractivity contribution in [2.24, 2.45) is 0 Å². The zero-order chi connectivity index (χ0) is 13.0. The van der Waals surface area contributed by atoms with Crippen molar-refractivity contribution in [3.05, 3.63) is 30.3 Å². The third-order valence-corrected chi connectivity index (χ3v) is 3.25. The standard InChI is InChI=1S/C14H20N2O2/c1-14(18)8-5-9-16(11-14)13(17)10-15-12-6-3-2-4-7-12/h2-4,6-7,15,18H,5,8-11H2,1H3. The number of para-hydroxylation sites is 1. The molecule has 1 aromatic rings. The Labute approximate surface area is 108 Å². The second kappa shape index (κ2) is 5.40. The Bertz CT molecular complexity index is 404. The van der Waals surface area contributed by atoms with E-state index < -0.39 is 5.60 Å². The Morgan fingerprint density at radius 2 is 2.17 bits per heavy atom. The summed E-state index contributed by atoms with van der Waals surface area (Å²) in [6, 6.07) is 9.66. The SMILES string of the molecule is CC1(O)CCCN(C(=O)CNc2ccccc2)C1. The number of aliphatic hydroxyl groups is 1. The number of nitrogens with zero attached hydrogens (tertiary/aromatic N) is 1. The fraction of sp³-hybridized carbons (Fsp3) is 0.500. The maximum Gasteiger partial charge on any atom is 0.241 e. The lowest BCUT2D eigenvalue weighted by atomic mass is 9.95. The summed E-state index contributed by atoms with van der Waals surface area (Å²) >= 11 is 0. The first-order valence-electron chi connectivity index (χ1n) is 6.36. The number of nitrogens with one attached hydrogen (secondary N) is 1. The van der Waals surface area contributed by atoms with Gasteiger partial charge < -0.3 is 15.3 Å². The summed E-state index contributed by atoms with van der Waals surface area (Å²) < 4.78 is 0. The molecule has 1 fully saturated rings. The second-order valence-electron chi connectivity index (χ2n) is 5.14. The number of β-amino-alcohol motifs (C(OH)–C–C–N with tert-alkyl or cyclic N) is 1. The highest BCUT2D eigenvalue weighted by Crippen LogP contribution is 2.20. The number of carbonyl (C=O) groups excluding carboxylic acids is 1. The molecule has 1 aliphatic rings. The van der Waals surface area contributed by atoms with Crippen LogP contribution in [0.1, 0.15) is 19.8 Å². The number of amides is 1. The van der Waals surface area contributed by atoms with Gasteiger partial charge in [0.05, 0.1) is 12.1 Å². The summed E-state index contributed by atoms with van der Waals surface area (Å²) in [5.41, 5.74) is 0.204. The average Bonchev–Trinajstić information content (AvgIpc) is 2.36. The first kappa shape index (κ1) is 12.9. The molecular formula is C14H20N2O2. The molecule has 0 aliphatic carbocycles. The van der Waals surface area contributed by atoms with E-state index in [-0.39, 0.29) is 12.5 Å². The molecule has 4 nitrogen and oxygen atoms in total. The maximum absolute atomic E-state index is 12.0. The molecule has 0 radical (unpaired) electrons. The van der Waals surface area contributed by atoms with Crippen molar-refractivity contribution in [1.29, 1.82) is 0 Å². The molecule has 0 bridgehead atoms. The lowest BCUT2D eigenvalue weighted by Crippen LogP contribution is -2.50. The highest BCUT2D eigenvalue weighted by Gasteiger charge is 2.30. The van der Waals surface area contributed by atoms with Gasteiger partial charge in [0.2, 0.25) is 5.91 Å². The van der Waals surface area contributed by atoms with E-state index in [1.54, 1.807) is 11.8 Å². The number of rotatable bonds is 3. The van der Waals surface area contributed by atoms with Gasteiger partial charge in [0, 0.05) is 18.8 Å². The fourth-order valence-corrected chi connectivity index (χ4v) is 2.28. The molecule has 1 saturated heterocycles. The van der Waals surface area contributed by atoms with Crippen molar-refractivity contribution in [3.8, 4) is 0 Å². The first-order chi connectivity index (χ1) is 8.57. The van der Waals surface area contributed by atoms with Gasteiger partial charge in [-0.25, -0.2) is 0 Å². The molecule has 2 N–H and O–H groups in total. The predicted octanol–water partition coefficient (Wildman–Crippen LogP) is 1.47. The van der Waals surface area contributed by atoms with Gasteiger partial charge in [0.25, 0.3) is 0 Å². The van der Waals surface area contributed by atoms with Crippen LogP contribution in [-0.2, 0) is 4.79 Å². The minimum absolute atomic E-state index is 0.0406. The molecular weight excluding hydrogens is 228 g/mol. The van der Waals surface area contributed by atoms with Gasteiger partial charge in [-0.2, -0.15) is 0 Å². The van der Waals surface area contributed by atoms with Gasteiger partial charge in [-0.3, -0.25) is 4.79 Å². The number of hydrogen-bond acceptors (Lipinski definition) is 3. The highest BCUT2D eigenvalue weighted by atomic mass is 16.3. The quantitative estimate of drug-likeness (QED) is 0.851. The first-order valence-corrected chi connectivity index (χ1v) is 6.36. The molecule has 0 aromatic heterocycles. The molecule has 0 spiro atoms. The zero-order valence-corrected chi connectivity index (χ0v) is 10.7. The summed E-state index contributed by atoms with van der Waals surface area (Å²) in [5, 5.41) is 13.1. The summed E-state index contributed by atoms with van der Waals surface area (Å²) in [5.74, 6) is 0.0406. The maximum atomic E-state index is 12.0. The summed E-state index contributed by atoms with van der Waals surface area (Å²) in [4.78, 5) is 13.7. The van der Waals surface area contributed by atoms with Gasteiger partial charge in [-0.1, -0.05) is 18.2 Å². The smallest absolute Gasteiger partial charge is 0.241 e. The van der Waals surface area contributed by atoms with E-state index in [9.17, 15) is 9.90 Å². The average molecular weight is 248 g/mol. The van der Waals surface area contributed by atoms with Crippen LogP contribution in [0.2, 0.25) is 0 Å². The van der Waals surface area contributed by atoms with E-state index >= 15 is 0 Å². The zero-order valence-electron chi connectivity index (χ0n) is 10.7. The van der Waals surface area contributed by atoms with Crippen LogP contribution < -0.4 is 5.32 Å². The fourth-order valence-electron chi connectivity index (χ4n) is 2.28. The van der Waals surface area contributed by atoms with E-state index in [2.05, 4.69) is 5.32 Å². The molecule has 4 heteroatoms. The third kappa shape index (κ3) is 3.47. The Balaban J connectivity index is 1.85. The third-order valence-electron chi connectivity index (χ3n) is 3.25. The lowest BCUT2D eigenvalue weighted by Gasteiger charge is -2.36. The summed E-state index contributed by atoms with van der Waals surface area (Å²) in [6.07, 6.45) is 1.63. The van der Waals surface area contributed by atoms with Crippen LogP contribution in [0.4, 0.5) is 5.69 Å². The summed E-state index contributed by atoms with van der Waals surface area (Å²) in [7, 11) is 0. The Kier molecular flexibility index (Phi) is 3.87. The summed E-state index contributed by atoms with van der Waals surface area (Å²) in [6.45, 7) is 3.24. The monoisotopic (exact) mass is 248 g/mol. The van der Waals surface area contributed by atoms with Gasteiger partial charge in [0.15, 0.2) is 0 Å². The lowest BCUT2D eigenvalue weighted by molar-refractivity contribution is -0.135. The Morgan fingerprint density at radius 3 is 2.83 bits per heavy atom. The molecule has 1 amide bonds. The predicted molar refractivity (Wildman–Crippen MR) is 71.4 cm³/mol. The largest absolute Gasteiger partial charge is 0.388 e. The van der Waals surface area contributed by atoms with Crippen LogP contribution in [0.3, 0.4) is 0 Å². The molecule has 1 aromatic carbocycles. The van der Waals surface area contributed by atoms with Crippen molar-refractivity contribution in [3.63, 3.8) is 0 Å². The van der Waals surface area contributed by atoms with Crippen molar-refractivity contribution in [1.82, 2.24) is 4.90 Å². The number of piperidine rings is 1. The van der Waals surface area contributed by atoms with Crippen LogP contribution >= 0.6 is 0 Å².